The molecule has 1 saturated heterocycles. The molecule has 0 spiro atoms. The lowest BCUT2D eigenvalue weighted by atomic mass is 10.1. The number of hydrogen-bond donors (Lipinski definition) is 0. The molecule has 1 aliphatic heterocycles. The molecule has 0 amide bonds. The van der Waals surface area contributed by atoms with Gasteiger partial charge < -0.3 is 0 Å². The maximum atomic E-state index is 5.85. The highest BCUT2D eigenvalue weighted by Crippen LogP contribution is 2.33. The minimum absolute atomic E-state index is 0.390. The molecular weight excluding hydrogens is 289 g/mol. The molecule has 3 nitrogen and oxygen atoms in total. The third kappa shape index (κ3) is 2.39. The maximum Gasteiger partial charge on any atom is 0.165 e. The largest absolute Gasteiger partial charge is 0.292 e. The lowest BCUT2D eigenvalue weighted by molar-refractivity contribution is 0.201. The summed E-state index contributed by atoms with van der Waals surface area (Å²) in [6.45, 7) is 5.58. The Hall–Kier alpha value is -0.190. The second kappa shape index (κ2) is 4.98. The normalized spacial score (nSPS) is 21.9. The summed E-state index contributed by atoms with van der Waals surface area (Å²) in [6.07, 6.45) is 2.38. The van der Waals surface area contributed by atoms with Gasteiger partial charge in [0.2, 0.25) is 0 Å². The van der Waals surface area contributed by atoms with Gasteiger partial charge >= 0.3 is 0 Å². The maximum absolute atomic E-state index is 5.85. The van der Waals surface area contributed by atoms with Crippen LogP contribution in [0.1, 0.15) is 38.4 Å². The van der Waals surface area contributed by atoms with Gasteiger partial charge in [-0.3, -0.25) is 4.90 Å². The number of nitrogens with zero attached hydrogens (tertiary/aromatic N) is 3. The van der Waals surface area contributed by atoms with Gasteiger partial charge in [0.15, 0.2) is 5.15 Å². The van der Waals surface area contributed by atoms with Crippen LogP contribution in [0.5, 0.6) is 0 Å². The van der Waals surface area contributed by atoms with E-state index in [0.717, 1.165) is 23.1 Å². The highest BCUT2D eigenvalue weighted by molar-refractivity contribution is 9.10. The average molecular weight is 305 g/mol. The van der Waals surface area contributed by atoms with Crippen molar-refractivity contribution in [2.75, 3.05) is 6.54 Å². The van der Waals surface area contributed by atoms with Crippen molar-refractivity contribution in [1.82, 2.24) is 15.1 Å². The number of halogens is 2. The van der Waals surface area contributed by atoms with Crippen molar-refractivity contribution in [2.45, 2.75) is 38.8 Å². The predicted molar refractivity (Wildman–Crippen MR) is 68.6 cm³/mol. The predicted octanol–water partition coefficient (Wildman–Crippen LogP) is 3.44. The Morgan fingerprint density at radius 1 is 1.50 bits per heavy atom. The molecule has 0 aromatic carbocycles. The van der Waals surface area contributed by atoms with Gasteiger partial charge in [-0.15, -0.1) is 5.10 Å². The Morgan fingerprint density at radius 3 is 2.88 bits per heavy atom. The first-order valence-electron chi connectivity index (χ1n) is 5.54. The summed E-state index contributed by atoms with van der Waals surface area (Å²) in [4.78, 5) is 2.46. The van der Waals surface area contributed by atoms with Crippen molar-refractivity contribution in [3.63, 3.8) is 0 Å². The minimum Gasteiger partial charge on any atom is -0.292 e. The highest BCUT2D eigenvalue weighted by atomic mass is 79.9. The molecule has 2 heterocycles. The summed E-state index contributed by atoms with van der Waals surface area (Å²) in [5.74, 6) is 0. The Labute approximate surface area is 109 Å². The van der Waals surface area contributed by atoms with Gasteiger partial charge in [0.05, 0.1) is 16.2 Å². The molecule has 2 rings (SSSR count). The Balaban J connectivity index is 2.26. The Bertz CT molecular complexity index is 383. The van der Waals surface area contributed by atoms with E-state index in [0.29, 0.717) is 17.2 Å². The third-order valence-corrected chi connectivity index (χ3v) is 4.14. The summed E-state index contributed by atoms with van der Waals surface area (Å²) < 4.78 is 0.828. The van der Waals surface area contributed by atoms with E-state index < -0.39 is 0 Å². The molecule has 1 fully saturated rings. The van der Waals surface area contributed by atoms with Crippen molar-refractivity contribution in [3.8, 4) is 0 Å². The van der Waals surface area contributed by atoms with Crippen LogP contribution < -0.4 is 0 Å². The standard InChI is InChI=1S/C11H15BrClN3/c1-7(2)16-5-3-4-10(16)9-6-8(12)11(13)15-14-9/h6-7,10H,3-5H2,1-2H3. The van der Waals surface area contributed by atoms with Crippen LogP contribution in [0.3, 0.4) is 0 Å². The van der Waals surface area contributed by atoms with Gasteiger partial charge in [-0.1, -0.05) is 11.6 Å². The van der Waals surface area contributed by atoms with Crippen LogP contribution in [0.2, 0.25) is 5.15 Å². The number of rotatable bonds is 2. The van der Waals surface area contributed by atoms with Gasteiger partial charge in [0, 0.05) is 6.04 Å². The smallest absolute Gasteiger partial charge is 0.165 e. The summed E-state index contributed by atoms with van der Waals surface area (Å²) in [6, 6.07) is 2.92. The van der Waals surface area contributed by atoms with E-state index in [1.807, 2.05) is 6.07 Å². The van der Waals surface area contributed by atoms with E-state index in [9.17, 15) is 0 Å². The molecule has 5 heteroatoms. The zero-order chi connectivity index (χ0) is 11.7. The molecular formula is C11H15BrClN3. The first-order valence-corrected chi connectivity index (χ1v) is 6.71. The minimum atomic E-state index is 0.390. The third-order valence-electron chi connectivity index (χ3n) is 3.02. The molecule has 1 aromatic heterocycles. The molecule has 0 N–H and O–H groups in total. The van der Waals surface area contributed by atoms with Gasteiger partial charge in [-0.05, 0) is 55.2 Å². The van der Waals surface area contributed by atoms with E-state index in [1.54, 1.807) is 0 Å². The highest BCUT2D eigenvalue weighted by Gasteiger charge is 2.29. The van der Waals surface area contributed by atoms with Gasteiger partial charge in [0.25, 0.3) is 0 Å². The van der Waals surface area contributed by atoms with Crippen LogP contribution in [0, 0.1) is 0 Å². The van der Waals surface area contributed by atoms with Crippen LogP contribution in [0.25, 0.3) is 0 Å². The molecule has 16 heavy (non-hydrogen) atoms. The molecule has 1 unspecified atom stereocenters. The number of aromatic nitrogens is 2. The molecule has 1 aromatic rings. The first kappa shape index (κ1) is 12.3. The molecule has 0 bridgehead atoms. The van der Waals surface area contributed by atoms with Crippen molar-refractivity contribution < 1.29 is 0 Å². The van der Waals surface area contributed by atoms with E-state index >= 15 is 0 Å². The summed E-state index contributed by atoms with van der Waals surface area (Å²) in [5, 5.41) is 8.59. The molecule has 1 aliphatic rings. The summed E-state index contributed by atoms with van der Waals surface area (Å²) >= 11 is 9.25. The quantitative estimate of drug-likeness (QED) is 0.838. The summed E-state index contributed by atoms with van der Waals surface area (Å²) in [5.41, 5.74) is 1.02. The fraction of sp³-hybridized carbons (Fsp3) is 0.636. The van der Waals surface area contributed by atoms with Crippen molar-refractivity contribution in [2.24, 2.45) is 0 Å². The zero-order valence-electron chi connectivity index (χ0n) is 9.45. The van der Waals surface area contributed by atoms with E-state index in [1.165, 1.54) is 6.42 Å². The van der Waals surface area contributed by atoms with E-state index in [-0.39, 0.29) is 0 Å². The van der Waals surface area contributed by atoms with E-state index in [2.05, 4.69) is 44.9 Å². The second-order valence-electron chi connectivity index (χ2n) is 4.40. The van der Waals surface area contributed by atoms with Crippen molar-refractivity contribution >= 4 is 27.5 Å². The fourth-order valence-corrected chi connectivity index (χ4v) is 2.66. The van der Waals surface area contributed by atoms with Crippen LogP contribution in [0.15, 0.2) is 10.5 Å². The molecule has 88 valence electrons. The average Bonchev–Trinajstić information content (AvgIpc) is 2.71. The van der Waals surface area contributed by atoms with Crippen molar-refractivity contribution in [3.05, 3.63) is 21.4 Å². The number of likely N-dealkylation sites (tertiary alicyclic amines) is 1. The van der Waals surface area contributed by atoms with Crippen LogP contribution in [-0.2, 0) is 0 Å². The first-order chi connectivity index (χ1) is 7.59. The molecule has 0 radical (unpaired) electrons. The Kier molecular flexibility index (Phi) is 3.82. The lowest BCUT2D eigenvalue weighted by Gasteiger charge is -2.27. The van der Waals surface area contributed by atoms with Crippen molar-refractivity contribution in [1.29, 1.82) is 0 Å². The van der Waals surface area contributed by atoms with Crippen LogP contribution >= 0.6 is 27.5 Å². The van der Waals surface area contributed by atoms with Crippen LogP contribution in [-0.4, -0.2) is 27.7 Å². The van der Waals surface area contributed by atoms with Crippen LogP contribution in [0.4, 0.5) is 0 Å². The SMILES string of the molecule is CC(C)N1CCCC1c1cc(Br)c(Cl)nn1. The number of hydrogen-bond acceptors (Lipinski definition) is 3. The van der Waals surface area contributed by atoms with Gasteiger partial charge in [0.1, 0.15) is 0 Å². The van der Waals surface area contributed by atoms with Gasteiger partial charge in [-0.2, -0.15) is 5.10 Å². The topological polar surface area (TPSA) is 29.0 Å². The molecule has 0 aliphatic carbocycles. The Morgan fingerprint density at radius 2 is 2.25 bits per heavy atom. The lowest BCUT2D eigenvalue weighted by Crippen LogP contribution is -2.30. The zero-order valence-corrected chi connectivity index (χ0v) is 11.8. The van der Waals surface area contributed by atoms with E-state index in [4.69, 9.17) is 11.6 Å². The van der Waals surface area contributed by atoms with Gasteiger partial charge in [-0.25, -0.2) is 0 Å². The monoisotopic (exact) mass is 303 g/mol. The fourth-order valence-electron chi connectivity index (χ4n) is 2.26. The second-order valence-corrected chi connectivity index (χ2v) is 5.61. The molecule has 1 atom stereocenters. The summed E-state index contributed by atoms with van der Waals surface area (Å²) in [7, 11) is 0. The molecule has 0 saturated carbocycles.